The number of aromatic nitrogens is 1. The van der Waals surface area contributed by atoms with Gasteiger partial charge in [0, 0.05) is 43.0 Å². The standard InChI is InChI=1S/C27H28N4O3S/c1-16-6-8-21(10-17(16)2)28-27(35)29-22-12-19(26(33)34)7-9-24(22)30-13-18-11-20(15-30)23-4-3-5-25(32)31(23)14-18/h3-10,12,18,20H,11,13-15H2,1-2H3,(H,33,34)(H2,28,29,35)/t18-,20+/m1/s1. The molecule has 8 heteroatoms. The second-order valence-electron chi connectivity index (χ2n) is 9.52. The molecule has 2 atom stereocenters. The molecule has 3 N–H and O–H groups in total. The maximum atomic E-state index is 12.4. The highest BCUT2D eigenvalue weighted by Gasteiger charge is 2.35. The number of fused-ring (bicyclic) bond motifs is 4. The van der Waals surface area contributed by atoms with Crippen molar-refractivity contribution in [1.82, 2.24) is 4.57 Å². The van der Waals surface area contributed by atoms with E-state index in [4.69, 9.17) is 12.2 Å². The van der Waals surface area contributed by atoms with Gasteiger partial charge in [0.15, 0.2) is 5.11 Å². The van der Waals surface area contributed by atoms with E-state index in [1.54, 1.807) is 18.2 Å². The third kappa shape index (κ3) is 4.66. The molecule has 7 nitrogen and oxygen atoms in total. The minimum atomic E-state index is -0.989. The Morgan fingerprint density at radius 2 is 1.83 bits per heavy atom. The van der Waals surface area contributed by atoms with E-state index in [0.29, 0.717) is 23.3 Å². The van der Waals surface area contributed by atoms with Crippen LogP contribution in [0.25, 0.3) is 0 Å². The lowest BCUT2D eigenvalue weighted by Gasteiger charge is -2.44. The summed E-state index contributed by atoms with van der Waals surface area (Å²) in [6.45, 7) is 6.34. The smallest absolute Gasteiger partial charge is 0.335 e. The van der Waals surface area contributed by atoms with Gasteiger partial charge in [-0.15, -0.1) is 0 Å². The highest BCUT2D eigenvalue weighted by atomic mass is 32.1. The van der Waals surface area contributed by atoms with E-state index in [2.05, 4.69) is 22.5 Å². The van der Waals surface area contributed by atoms with Crippen molar-refractivity contribution in [2.75, 3.05) is 28.6 Å². The Labute approximate surface area is 209 Å². The molecule has 3 aromatic rings. The summed E-state index contributed by atoms with van der Waals surface area (Å²) >= 11 is 5.58. The SMILES string of the molecule is Cc1ccc(NC(=S)Nc2cc(C(=O)O)ccc2N2C[C@H]3C[C@@H](C2)c2cccc(=O)n2C3)cc1C. The first-order valence-electron chi connectivity index (χ1n) is 11.8. The van der Waals surface area contributed by atoms with Gasteiger partial charge in [0.25, 0.3) is 5.56 Å². The lowest BCUT2D eigenvalue weighted by Crippen LogP contribution is -2.47. The van der Waals surface area contributed by atoms with Crippen molar-refractivity contribution in [2.45, 2.75) is 32.7 Å². The zero-order valence-corrected chi connectivity index (χ0v) is 20.6. The van der Waals surface area contributed by atoms with Crippen LogP contribution in [0.3, 0.4) is 0 Å². The van der Waals surface area contributed by atoms with Gasteiger partial charge in [0.05, 0.1) is 16.9 Å². The van der Waals surface area contributed by atoms with Crippen molar-refractivity contribution in [1.29, 1.82) is 0 Å². The molecule has 35 heavy (non-hydrogen) atoms. The summed E-state index contributed by atoms with van der Waals surface area (Å²) in [7, 11) is 0. The summed E-state index contributed by atoms with van der Waals surface area (Å²) in [4.78, 5) is 26.4. The first-order valence-corrected chi connectivity index (χ1v) is 12.2. The molecular weight excluding hydrogens is 460 g/mol. The van der Waals surface area contributed by atoms with E-state index in [9.17, 15) is 14.7 Å². The molecule has 3 heterocycles. The number of aromatic carboxylic acids is 1. The number of rotatable bonds is 4. The fourth-order valence-corrected chi connectivity index (χ4v) is 5.47. The van der Waals surface area contributed by atoms with Crippen LogP contribution in [0.2, 0.25) is 0 Å². The molecule has 2 bridgehead atoms. The largest absolute Gasteiger partial charge is 0.478 e. The van der Waals surface area contributed by atoms with Crippen LogP contribution < -0.4 is 21.1 Å². The minimum absolute atomic E-state index is 0.0570. The Morgan fingerprint density at radius 1 is 1.00 bits per heavy atom. The predicted octanol–water partition coefficient (Wildman–Crippen LogP) is 4.60. The quantitative estimate of drug-likeness (QED) is 0.463. The number of aryl methyl sites for hydroxylation is 2. The summed E-state index contributed by atoms with van der Waals surface area (Å²) in [6.07, 6.45) is 1.04. The molecule has 0 saturated carbocycles. The maximum Gasteiger partial charge on any atom is 0.335 e. The number of pyridine rings is 1. The fourth-order valence-electron chi connectivity index (χ4n) is 5.24. The normalized spacial score (nSPS) is 18.5. The number of carboxylic acids is 1. The van der Waals surface area contributed by atoms with Crippen molar-refractivity contribution in [3.05, 3.63) is 87.3 Å². The van der Waals surface area contributed by atoms with Crippen LogP contribution in [0.15, 0.2) is 59.4 Å². The number of nitrogens with zero attached hydrogens (tertiary/aromatic N) is 2. The third-order valence-corrected chi connectivity index (χ3v) is 7.28. The molecule has 1 aromatic heterocycles. The second-order valence-corrected chi connectivity index (χ2v) is 9.93. The van der Waals surface area contributed by atoms with Crippen LogP contribution >= 0.6 is 12.2 Å². The monoisotopic (exact) mass is 488 g/mol. The average molecular weight is 489 g/mol. The van der Waals surface area contributed by atoms with Gasteiger partial charge < -0.3 is 25.2 Å². The van der Waals surface area contributed by atoms with Crippen LogP contribution in [0.5, 0.6) is 0 Å². The highest BCUT2D eigenvalue weighted by Crippen LogP contribution is 2.39. The van der Waals surface area contributed by atoms with Crippen LogP contribution in [-0.2, 0) is 6.54 Å². The van der Waals surface area contributed by atoms with Crippen LogP contribution in [0.4, 0.5) is 17.1 Å². The van der Waals surface area contributed by atoms with E-state index in [0.717, 1.165) is 42.1 Å². The number of piperidine rings is 1. The Hall–Kier alpha value is -3.65. The summed E-state index contributed by atoms with van der Waals surface area (Å²) < 4.78 is 1.91. The summed E-state index contributed by atoms with van der Waals surface area (Å²) in [5.74, 6) is -0.408. The Balaban J connectivity index is 1.42. The fraction of sp³-hybridized carbons (Fsp3) is 0.296. The third-order valence-electron chi connectivity index (χ3n) is 7.08. The van der Waals surface area contributed by atoms with Crippen LogP contribution in [0, 0.1) is 19.8 Å². The maximum absolute atomic E-state index is 12.4. The Morgan fingerprint density at radius 3 is 2.60 bits per heavy atom. The van der Waals surface area contributed by atoms with Crippen LogP contribution in [0.1, 0.15) is 39.5 Å². The number of hydrogen-bond donors (Lipinski definition) is 3. The van der Waals surface area contributed by atoms with Crippen molar-refractivity contribution in [2.24, 2.45) is 5.92 Å². The van der Waals surface area contributed by atoms with Gasteiger partial charge in [-0.05, 0) is 85.9 Å². The number of benzene rings is 2. The first-order chi connectivity index (χ1) is 16.8. The molecule has 1 saturated heterocycles. The number of carbonyl (C=O) groups is 1. The van der Waals surface area contributed by atoms with Gasteiger partial charge in [-0.2, -0.15) is 0 Å². The molecule has 180 valence electrons. The number of carboxylic acid groups (broad SMARTS) is 1. The second kappa shape index (κ2) is 9.19. The van der Waals surface area contributed by atoms with E-state index in [-0.39, 0.29) is 17.0 Å². The molecule has 5 rings (SSSR count). The predicted molar refractivity (Wildman–Crippen MR) is 143 cm³/mol. The first kappa shape index (κ1) is 23.1. The summed E-state index contributed by atoms with van der Waals surface area (Å²) in [6, 6.07) is 16.6. The molecule has 1 fully saturated rings. The highest BCUT2D eigenvalue weighted by molar-refractivity contribution is 7.80. The Bertz CT molecular complexity index is 1380. The lowest BCUT2D eigenvalue weighted by atomic mass is 9.83. The molecule has 0 spiro atoms. The minimum Gasteiger partial charge on any atom is -0.478 e. The average Bonchev–Trinajstić information content (AvgIpc) is 2.82. The number of nitrogens with one attached hydrogen (secondary N) is 2. The molecule has 0 radical (unpaired) electrons. The van der Waals surface area contributed by atoms with Gasteiger partial charge in [0.1, 0.15) is 0 Å². The van der Waals surface area contributed by atoms with Crippen molar-refractivity contribution in [3.8, 4) is 0 Å². The molecule has 2 aliphatic heterocycles. The lowest BCUT2D eigenvalue weighted by molar-refractivity contribution is 0.0697. The molecule has 2 aromatic carbocycles. The topological polar surface area (TPSA) is 86.6 Å². The van der Waals surface area contributed by atoms with Gasteiger partial charge in [-0.1, -0.05) is 12.1 Å². The zero-order chi connectivity index (χ0) is 24.7. The Kier molecular flexibility index (Phi) is 6.06. The zero-order valence-electron chi connectivity index (χ0n) is 19.7. The van der Waals surface area contributed by atoms with E-state index in [1.165, 1.54) is 5.56 Å². The molecular formula is C27H28N4O3S. The van der Waals surface area contributed by atoms with E-state index >= 15 is 0 Å². The number of anilines is 3. The van der Waals surface area contributed by atoms with Crippen molar-refractivity contribution < 1.29 is 9.90 Å². The summed E-state index contributed by atoms with van der Waals surface area (Å²) in [5.41, 5.74) is 6.10. The van der Waals surface area contributed by atoms with E-state index < -0.39 is 5.97 Å². The van der Waals surface area contributed by atoms with Gasteiger partial charge in [-0.3, -0.25) is 4.79 Å². The molecule has 0 aliphatic carbocycles. The summed E-state index contributed by atoms with van der Waals surface area (Å²) in [5, 5.41) is 16.4. The van der Waals surface area contributed by atoms with Crippen LogP contribution in [-0.4, -0.2) is 33.8 Å². The van der Waals surface area contributed by atoms with Crippen molar-refractivity contribution in [3.63, 3.8) is 0 Å². The molecule has 2 aliphatic rings. The van der Waals surface area contributed by atoms with Gasteiger partial charge in [0.2, 0.25) is 0 Å². The number of thiocarbonyl (C=S) groups is 1. The van der Waals surface area contributed by atoms with Gasteiger partial charge >= 0.3 is 5.97 Å². The van der Waals surface area contributed by atoms with E-state index in [1.807, 2.05) is 47.9 Å². The van der Waals surface area contributed by atoms with Gasteiger partial charge in [-0.25, -0.2) is 4.79 Å². The molecule has 0 amide bonds. The van der Waals surface area contributed by atoms with Crippen molar-refractivity contribution >= 4 is 40.4 Å². The number of hydrogen-bond acceptors (Lipinski definition) is 4. The molecule has 0 unspecified atom stereocenters.